The summed E-state index contributed by atoms with van der Waals surface area (Å²) in [6.45, 7) is 2.13. The molecule has 0 radical (unpaired) electrons. The van der Waals surface area contributed by atoms with Crippen LogP contribution in [0, 0.1) is 0 Å². The Hall–Kier alpha value is -1.41. The van der Waals surface area contributed by atoms with E-state index in [1.165, 1.54) is 5.56 Å². The molecule has 0 amide bonds. The number of benzene rings is 2. The van der Waals surface area contributed by atoms with Gasteiger partial charge in [-0.1, -0.05) is 65.3 Å². The van der Waals surface area contributed by atoms with Gasteiger partial charge in [0.1, 0.15) is 0 Å². The lowest BCUT2D eigenvalue weighted by atomic mass is 9.90. The number of hydrogen-bond donors (Lipinski definition) is 0. The molecule has 2 aromatic rings. The predicted molar refractivity (Wildman–Crippen MR) is 82.6 cm³/mol. The fraction of sp³-hybridized carbons (Fsp3) is 0.235. The van der Waals surface area contributed by atoms with Gasteiger partial charge in [-0.15, -0.1) is 0 Å². The van der Waals surface area contributed by atoms with Gasteiger partial charge in [0.2, 0.25) is 0 Å². The van der Waals surface area contributed by atoms with Crippen LogP contribution in [-0.2, 0) is 0 Å². The number of carbonyl (C=O) groups is 1. The summed E-state index contributed by atoms with van der Waals surface area (Å²) in [5, 5.41) is 0. The van der Waals surface area contributed by atoms with Gasteiger partial charge in [-0.25, -0.2) is 0 Å². The summed E-state index contributed by atoms with van der Waals surface area (Å²) in [6, 6.07) is 17.8. The quantitative estimate of drug-likeness (QED) is 0.691. The Morgan fingerprint density at radius 2 is 1.68 bits per heavy atom. The van der Waals surface area contributed by atoms with Crippen molar-refractivity contribution in [3.8, 4) is 0 Å². The molecule has 0 saturated carbocycles. The van der Waals surface area contributed by atoms with Crippen molar-refractivity contribution in [1.82, 2.24) is 0 Å². The minimum absolute atomic E-state index is 0.218. The Balaban J connectivity index is 2.11. The summed E-state index contributed by atoms with van der Waals surface area (Å²) in [5.74, 6) is 0.510. The Morgan fingerprint density at radius 1 is 1.05 bits per heavy atom. The third-order valence-corrected chi connectivity index (χ3v) is 3.89. The highest BCUT2D eigenvalue weighted by Gasteiger charge is 2.15. The number of Topliss-reactive ketones (excluding diaryl/α,β-unsaturated/α-hetero) is 1. The molecular weight excluding hydrogens is 300 g/mol. The second-order valence-corrected chi connectivity index (χ2v) is 5.57. The van der Waals surface area contributed by atoms with E-state index in [-0.39, 0.29) is 5.78 Å². The molecule has 19 heavy (non-hydrogen) atoms. The first kappa shape index (κ1) is 14.0. The lowest BCUT2D eigenvalue weighted by Crippen LogP contribution is -2.07. The molecule has 0 aliphatic heterocycles. The van der Waals surface area contributed by atoms with E-state index >= 15 is 0 Å². The average molecular weight is 317 g/mol. The molecule has 0 bridgehead atoms. The zero-order chi connectivity index (χ0) is 13.7. The zero-order valence-corrected chi connectivity index (χ0v) is 12.6. The third kappa shape index (κ3) is 3.77. The fourth-order valence-electron chi connectivity index (χ4n) is 2.20. The molecule has 0 saturated heterocycles. The first-order valence-corrected chi connectivity index (χ1v) is 7.33. The van der Waals surface area contributed by atoms with Crippen LogP contribution in [0.3, 0.4) is 0 Å². The number of ketones is 1. The molecule has 2 heteroatoms. The van der Waals surface area contributed by atoms with Crippen LogP contribution in [-0.4, -0.2) is 5.78 Å². The highest BCUT2D eigenvalue weighted by atomic mass is 79.9. The number of rotatable bonds is 5. The molecule has 1 nitrogen and oxygen atoms in total. The van der Waals surface area contributed by atoms with Gasteiger partial charge in [-0.2, -0.15) is 0 Å². The molecule has 0 unspecified atom stereocenters. The van der Waals surface area contributed by atoms with Crippen molar-refractivity contribution in [3.63, 3.8) is 0 Å². The van der Waals surface area contributed by atoms with E-state index in [9.17, 15) is 4.79 Å². The molecule has 0 aromatic heterocycles. The maximum absolute atomic E-state index is 12.2. The van der Waals surface area contributed by atoms with E-state index < -0.39 is 0 Å². The third-order valence-electron chi connectivity index (χ3n) is 3.36. The largest absolute Gasteiger partial charge is 0.294 e. The summed E-state index contributed by atoms with van der Waals surface area (Å²) in [6.07, 6.45) is 1.54. The zero-order valence-electron chi connectivity index (χ0n) is 11.0. The van der Waals surface area contributed by atoms with Gasteiger partial charge in [0.05, 0.1) is 0 Å². The molecule has 0 aliphatic rings. The molecule has 0 spiro atoms. The number of carbonyl (C=O) groups excluding carboxylic acids is 1. The molecule has 0 fully saturated rings. The van der Waals surface area contributed by atoms with Gasteiger partial charge in [0.25, 0.3) is 0 Å². The molecule has 0 N–H and O–H groups in total. The Bertz CT molecular complexity index is 531. The van der Waals surface area contributed by atoms with Crippen molar-refractivity contribution in [2.24, 2.45) is 0 Å². The Morgan fingerprint density at radius 3 is 2.26 bits per heavy atom. The maximum Gasteiger partial charge on any atom is 0.163 e. The van der Waals surface area contributed by atoms with Crippen molar-refractivity contribution >= 4 is 21.7 Å². The van der Waals surface area contributed by atoms with Crippen LogP contribution in [0.4, 0.5) is 0 Å². The van der Waals surface area contributed by atoms with Crippen LogP contribution >= 0.6 is 15.9 Å². The summed E-state index contributed by atoms with van der Waals surface area (Å²) >= 11 is 3.44. The highest BCUT2D eigenvalue weighted by Crippen LogP contribution is 2.26. The van der Waals surface area contributed by atoms with Gasteiger partial charge in [-0.05, 0) is 30.0 Å². The minimum Gasteiger partial charge on any atom is -0.294 e. The minimum atomic E-state index is 0.218. The molecular formula is C17H17BrO. The van der Waals surface area contributed by atoms with E-state index in [4.69, 9.17) is 0 Å². The van der Waals surface area contributed by atoms with E-state index in [2.05, 4.69) is 35.0 Å². The highest BCUT2D eigenvalue weighted by molar-refractivity contribution is 9.10. The van der Waals surface area contributed by atoms with Gasteiger partial charge < -0.3 is 0 Å². The lowest BCUT2D eigenvalue weighted by molar-refractivity contribution is 0.0973. The van der Waals surface area contributed by atoms with Crippen molar-refractivity contribution < 1.29 is 4.79 Å². The summed E-state index contributed by atoms with van der Waals surface area (Å²) in [4.78, 5) is 12.2. The SMILES string of the molecule is CC[C@H](CC(=O)c1ccccc1)c1ccc(Br)cc1. The van der Waals surface area contributed by atoms with Gasteiger partial charge >= 0.3 is 0 Å². The fourth-order valence-corrected chi connectivity index (χ4v) is 2.46. The van der Waals surface area contributed by atoms with E-state index in [0.29, 0.717) is 12.3 Å². The first-order valence-electron chi connectivity index (χ1n) is 6.54. The van der Waals surface area contributed by atoms with Crippen molar-refractivity contribution in [2.45, 2.75) is 25.7 Å². The summed E-state index contributed by atoms with van der Waals surface area (Å²) in [7, 11) is 0. The molecule has 2 aromatic carbocycles. The molecule has 0 heterocycles. The number of halogens is 1. The van der Waals surface area contributed by atoms with Crippen LogP contribution in [0.1, 0.15) is 41.6 Å². The van der Waals surface area contributed by atoms with Crippen LogP contribution in [0.2, 0.25) is 0 Å². The second-order valence-electron chi connectivity index (χ2n) is 4.65. The maximum atomic E-state index is 12.2. The smallest absolute Gasteiger partial charge is 0.163 e. The lowest BCUT2D eigenvalue weighted by Gasteiger charge is -2.14. The van der Waals surface area contributed by atoms with Gasteiger partial charge in [-0.3, -0.25) is 4.79 Å². The van der Waals surface area contributed by atoms with Crippen LogP contribution in [0.25, 0.3) is 0 Å². The van der Waals surface area contributed by atoms with Crippen molar-refractivity contribution in [1.29, 1.82) is 0 Å². The molecule has 2 rings (SSSR count). The second kappa shape index (κ2) is 6.67. The van der Waals surface area contributed by atoms with Gasteiger partial charge in [0.15, 0.2) is 5.78 Å². The van der Waals surface area contributed by atoms with Crippen LogP contribution in [0.5, 0.6) is 0 Å². The van der Waals surface area contributed by atoms with Crippen LogP contribution in [0.15, 0.2) is 59.1 Å². The van der Waals surface area contributed by atoms with Crippen LogP contribution < -0.4 is 0 Å². The molecule has 0 aliphatic carbocycles. The number of hydrogen-bond acceptors (Lipinski definition) is 1. The predicted octanol–water partition coefficient (Wildman–Crippen LogP) is 5.22. The summed E-state index contributed by atoms with van der Waals surface area (Å²) < 4.78 is 1.07. The first-order chi connectivity index (χ1) is 9.20. The summed E-state index contributed by atoms with van der Waals surface area (Å²) in [5.41, 5.74) is 2.04. The van der Waals surface area contributed by atoms with Crippen molar-refractivity contribution in [2.75, 3.05) is 0 Å². The molecule has 1 atom stereocenters. The van der Waals surface area contributed by atoms with Crippen molar-refractivity contribution in [3.05, 3.63) is 70.2 Å². The van der Waals surface area contributed by atoms with E-state index in [1.807, 2.05) is 42.5 Å². The normalized spacial score (nSPS) is 12.1. The van der Waals surface area contributed by atoms with E-state index in [1.54, 1.807) is 0 Å². The van der Waals surface area contributed by atoms with E-state index in [0.717, 1.165) is 16.5 Å². The molecule has 98 valence electrons. The van der Waals surface area contributed by atoms with Gasteiger partial charge in [0, 0.05) is 16.5 Å². The standard InChI is InChI=1S/C17H17BrO/c1-2-13(14-8-10-16(18)11-9-14)12-17(19)15-6-4-3-5-7-15/h3-11,13H,2,12H2,1H3/t13-/m1/s1. The topological polar surface area (TPSA) is 17.1 Å². The Labute approximate surface area is 122 Å². The monoisotopic (exact) mass is 316 g/mol. The Kier molecular flexibility index (Phi) is 4.92. The average Bonchev–Trinajstić information content (AvgIpc) is 2.46.